The van der Waals surface area contributed by atoms with E-state index < -0.39 is 23.7 Å². The molecule has 2 aromatic carbocycles. The van der Waals surface area contributed by atoms with Gasteiger partial charge in [-0.1, -0.05) is 41.6 Å². The average Bonchev–Trinajstić information content (AvgIpc) is 3.42. The van der Waals surface area contributed by atoms with Crippen LogP contribution in [-0.4, -0.2) is 38.5 Å². The third kappa shape index (κ3) is 5.85. The molecular weight excluding hydrogens is 479 g/mol. The largest absolute Gasteiger partial charge is 0.481 e. The van der Waals surface area contributed by atoms with Gasteiger partial charge in [0.05, 0.1) is 24.8 Å². The summed E-state index contributed by atoms with van der Waals surface area (Å²) < 4.78 is 27.0. The summed E-state index contributed by atoms with van der Waals surface area (Å²) in [7, 11) is 0. The summed E-state index contributed by atoms with van der Waals surface area (Å²) in [5.41, 5.74) is 3.25. The minimum absolute atomic E-state index is 0.0421. The molecule has 0 aliphatic heterocycles. The molecule has 0 aliphatic carbocycles. The topological polar surface area (TPSA) is 119 Å². The van der Waals surface area contributed by atoms with Crippen LogP contribution in [0.1, 0.15) is 51.1 Å². The Kier molecular flexibility index (Phi) is 7.66. The Morgan fingerprint density at radius 1 is 1.14 bits per heavy atom. The highest BCUT2D eigenvalue weighted by atomic mass is 19.1. The summed E-state index contributed by atoms with van der Waals surface area (Å²) in [4.78, 5) is 24.7. The molecule has 2 aromatic heterocycles. The molecule has 0 bridgehead atoms. The zero-order valence-electron chi connectivity index (χ0n) is 20.7. The highest BCUT2D eigenvalue weighted by Crippen LogP contribution is 2.25. The SMILES string of the molecule is Cc1ccccc1[C@H](CC(=O)O)NC(=O)c1cc(OCCc2c(C)noc2C)n(-c2ccccc2F)n1. The summed E-state index contributed by atoms with van der Waals surface area (Å²) in [6.07, 6.45) is 0.171. The minimum atomic E-state index is -1.06. The van der Waals surface area contributed by atoms with E-state index in [1.165, 1.54) is 22.9 Å². The Bertz CT molecular complexity index is 1410. The third-order valence-corrected chi connectivity index (χ3v) is 6.02. The third-order valence-electron chi connectivity index (χ3n) is 6.02. The van der Waals surface area contributed by atoms with Gasteiger partial charge in [-0.3, -0.25) is 9.59 Å². The second kappa shape index (κ2) is 11.1. The van der Waals surface area contributed by atoms with E-state index in [0.29, 0.717) is 17.7 Å². The quantitative estimate of drug-likeness (QED) is 0.325. The molecule has 0 saturated carbocycles. The molecule has 4 rings (SSSR count). The van der Waals surface area contributed by atoms with Crippen LogP contribution in [0.2, 0.25) is 0 Å². The molecule has 1 amide bonds. The van der Waals surface area contributed by atoms with Crippen LogP contribution in [-0.2, 0) is 11.2 Å². The predicted molar refractivity (Wildman–Crippen MR) is 132 cm³/mol. The number of aromatic nitrogens is 3. The van der Waals surface area contributed by atoms with Gasteiger partial charge in [-0.15, -0.1) is 0 Å². The van der Waals surface area contributed by atoms with Crippen LogP contribution < -0.4 is 10.1 Å². The zero-order chi connectivity index (χ0) is 26.5. The van der Waals surface area contributed by atoms with E-state index >= 15 is 0 Å². The van der Waals surface area contributed by atoms with Gasteiger partial charge in [0.1, 0.15) is 17.3 Å². The Balaban J connectivity index is 1.62. The number of nitrogens with zero attached hydrogens (tertiary/aromatic N) is 3. The predicted octanol–water partition coefficient (Wildman–Crippen LogP) is 4.49. The molecule has 4 aromatic rings. The first kappa shape index (κ1) is 25.6. The number of rotatable bonds is 10. The summed E-state index contributed by atoms with van der Waals surface area (Å²) in [5, 5.41) is 20.4. The van der Waals surface area contributed by atoms with Gasteiger partial charge in [0, 0.05) is 18.1 Å². The standard InChI is InChI=1S/C27H27FN4O5/c1-16-8-4-5-9-19(16)22(15-26(33)34)29-27(35)23-14-25(32(30-23)24-11-7-6-10-21(24)28)36-13-12-20-17(2)31-37-18(20)3/h4-11,14,22H,12-13,15H2,1-3H3,(H,29,35)(H,33,34)/t22-/m0/s1. The van der Waals surface area contributed by atoms with E-state index in [1.54, 1.807) is 24.3 Å². The molecule has 37 heavy (non-hydrogen) atoms. The molecule has 0 fully saturated rings. The fraction of sp³-hybridized carbons (Fsp3) is 0.259. The normalized spacial score (nSPS) is 11.8. The lowest BCUT2D eigenvalue weighted by Gasteiger charge is -2.18. The van der Waals surface area contributed by atoms with Crippen LogP contribution in [0.3, 0.4) is 0 Å². The molecule has 0 aliphatic rings. The van der Waals surface area contributed by atoms with Gasteiger partial charge in [0.2, 0.25) is 5.88 Å². The monoisotopic (exact) mass is 506 g/mol. The van der Waals surface area contributed by atoms with Crippen molar-refractivity contribution in [2.45, 2.75) is 39.7 Å². The minimum Gasteiger partial charge on any atom is -0.481 e. The van der Waals surface area contributed by atoms with E-state index in [0.717, 1.165) is 16.8 Å². The number of ether oxygens (including phenoxy) is 1. The number of carboxylic acid groups (broad SMARTS) is 1. The number of aryl methyl sites for hydroxylation is 3. The number of hydrogen-bond acceptors (Lipinski definition) is 6. The fourth-order valence-corrected chi connectivity index (χ4v) is 4.11. The molecule has 2 N–H and O–H groups in total. The molecule has 10 heteroatoms. The number of hydrogen-bond donors (Lipinski definition) is 2. The van der Waals surface area contributed by atoms with E-state index in [4.69, 9.17) is 9.26 Å². The molecular formula is C27H27FN4O5. The molecule has 0 unspecified atom stereocenters. The molecule has 9 nitrogen and oxygen atoms in total. The van der Waals surface area contributed by atoms with Crippen LogP contribution in [0.5, 0.6) is 5.88 Å². The lowest BCUT2D eigenvalue weighted by atomic mass is 9.98. The molecule has 192 valence electrons. The van der Waals surface area contributed by atoms with Crippen molar-refractivity contribution in [3.05, 3.63) is 94.3 Å². The maximum atomic E-state index is 14.6. The van der Waals surface area contributed by atoms with Gasteiger partial charge in [0.25, 0.3) is 5.91 Å². The fourth-order valence-electron chi connectivity index (χ4n) is 4.11. The number of aliphatic carboxylic acids is 1. The van der Waals surface area contributed by atoms with Gasteiger partial charge < -0.3 is 19.7 Å². The summed E-state index contributed by atoms with van der Waals surface area (Å²) >= 11 is 0. The van der Waals surface area contributed by atoms with Crippen LogP contribution in [0.15, 0.2) is 59.1 Å². The first-order valence-corrected chi connectivity index (χ1v) is 11.7. The first-order valence-electron chi connectivity index (χ1n) is 11.7. The number of amides is 1. The molecule has 1 atom stereocenters. The van der Waals surface area contributed by atoms with Crippen molar-refractivity contribution < 1.29 is 28.3 Å². The van der Waals surface area contributed by atoms with Crippen LogP contribution in [0, 0.1) is 26.6 Å². The highest BCUT2D eigenvalue weighted by Gasteiger charge is 2.24. The average molecular weight is 507 g/mol. The van der Waals surface area contributed by atoms with E-state index in [1.807, 2.05) is 32.9 Å². The van der Waals surface area contributed by atoms with Gasteiger partial charge in [-0.05, 0) is 44.0 Å². The maximum Gasteiger partial charge on any atom is 0.305 e. The van der Waals surface area contributed by atoms with Crippen molar-refractivity contribution in [2.24, 2.45) is 0 Å². The number of carbonyl (C=O) groups excluding carboxylic acids is 1. The van der Waals surface area contributed by atoms with E-state index in [-0.39, 0.29) is 30.3 Å². The van der Waals surface area contributed by atoms with Gasteiger partial charge in [-0.25, -0.2) is 4.39 Å². The maximum absolute atomic E-state index is 14.6. The van der Waals surface area contributed by atoms with Crippen molar-refractivity contribution in [3.63, 3.8) is 0 Å². The Hall–Kier alpha value is -4.47. The lowest BCUT2D eigenvalue weighted by molar-refractivity contribution is -0.137. The number of halogens is 1. The van der Waals surface area contributed by atoms with Gasteiger partial charge in [0.15, 0.2) is 5.69 Å². The van der Waals surface area contributed by atoms with Crippen molar-refractivity contribution in [1.29, 1.82) is 0 Å². The van der Waals surface area contributed by atoms with Crippen LogP contribution in [0.4, 0.5) is 4.39 Å². The smallest absolute Gasteiger partial charge is 0.305 e. The number of benzene rings is 2. The second-order valence-electron chi connectivity index (χ2n) is 8.61. The Labute approximate surface area is 212 Å². The van der Waals surface area contributed by atoms with Crippen molar-refractivity contribution in [2.75, 3.05) is 6.61 Å². The Morgan fingerprint density at radius 2 is 1.86 bits per heavy atom. The zero-order valence-corrected chi connectivity index (χ0v) is 20.7. The van der Waals surface area contributed by atoms with Crippen molar-refractivity contribution >= 4 is 11.9 Å². The number of carbonyl (C=O) groups is 2. The molecule has 0 spiro atoms. The van der Waals surface area contributed by atoms with Gasteiger partial charge in [-0.2, -0.15) is 9.78 Å². The molecule has 2 heterocycles. The van der Waals surface area contributed by atoms with Crippen molar-refractivity contribution in [1.82, 2.24) is 20.3 Å². The second-order valence-corrected chi connectivity index (χ2v) is 8.61. The summed E-state index contributed by atoms with van der Waals surface area (Å²) in [5.74, 6) is -1.37. The summed E-state index contributed by atoms with van der Waals surface area (Å²) in [6, 6.07) is 13.8. The molecule has 0 saturated heterocycles. The number of nitrogens with one attached hydrogen (secondary N) is 1. The first-order chi connectivity index (χ1) is 17.7. The van der Waals surface area contributed by atoms with Crippen LogP contribution in [0.25, 0.3) is 5.69 Å². The lowest BCUT2D eigenvalue weighted by Crippen LogP contribution is -2.31. The summed E-state index contributed by atoms with van der Waals surface area (Å²) in [6.45, 7) is 5.69. The van der Waals surface area contributed by atoms with E-state index in [2.05, 4.69) is 15.6 Å². The van der Waals surface area contributed by atoms with Crippen LogP contribution >= 0.6 is 0 Å². The molecule has 0 radical (unpaired) electrons. The van der Waals surface area contributed by atoms with E-state index in [9.17, 15) is 19.1 Å². The Morgan fingerprint density at radius 3 is 2.54 bits per heavy atom. The van der Waals surface area contributed by atoms with Gasteiger partial charge >= 0.3 is 5.97 Å². The highest BCUT2D eigenvalue weighted by molar-refractivity contribution is 5.93. The number of para-hydroxylation sites is 1. The van der Waals surface area contributed by atoms with Crippen molar-refractivity contribution in [3.8, 4) is 11.6 Å². The number of carboxylic acids is 1.